The topological polar surface area (TPSA) is 62.4 Å². The van der Waals surface area contributed by atoms with E-state index in [1.54, 1.807) is 0 Å². The Balaban J connectivity index is 2.06. The van der Waals surface area contributed by atoms with Crippen LogP contribution in [0.25, 0.3) is 0 Å². The van der Waals surface area contributed by atoms with Crippen LogP contribution < -0.4 is 16.2 Å². The molecule has 1 saturated heterocycles. The molecule has 0 aromatic carbocycles. The van der Waals surface area contributed by atoms with Crippen LogP contribution in [-0.2, 0) is 4.74 Å². The zero-order chi connectivity index (χ0) is 11.3. The maximum Gasteiger partial charge on any atom is 0.422 e. The number of carbonyl (C=O) groups excluding carboxylic acids is 1. The van der Waals surface area contributed by atoms with Crippen LogP contribution in [0.15, 0.2) is 0 Å². The van der Waals surface area contributed by atoms with Crippen LogP contribution in [0, 0.1) is 0 Å². The first-order chi connectivity index (χ1) is 6.97. The Morgan fingerprint density at radius 1 is 1.53 bits per heavy atom. The van der Waals surface area contributed by atoms with Crippen molar-refractivity contribution in [2.75, 3.05) is 13.1 Å². The summed E-state index contributed by atoms with van der Waals surface area (Å²) in [4.78, 5) is 11.2. The molecule has 5 nitrogen and oxygen atoms in total. The smallest absolute Gasteiger partial charge is 0.422 e. The van der Waals surface area contributed by atoms with Gasteiger partial charge in [0.1, 0.15) is 5.60 Å². The number of carbonyl (C=O) groups is 1. The van der Waals surface area contributed by atoms with Crippen LogP contribution in [0.5, 0.6) is 0 Å². The first kappa shape index (κ1) is 12.3. The minimum Gasteiger partial charge on any atom is -0.443 e. The molecule has 0 aromatic rings. The monoisotopic (exact) mass is 215 g/mol. The van der Waals surface area contributed by atoms with Gasteiger partial charge in [-0.2, -0.15) is 0 Å². The summed E-state index contributed by atoms with van der Waals surface area (Å²) in [6, 6.07) is 0.458. The molecular formula is C10H21N3O2. The van der Waals surface area contributed by atoms with Gasteiger partial charge in [-0.25, -0.2) is 10.2 Å². The lowest BCUT2D eigenvalue weighted by Gasteiger charge is -2.20. The molecular weight excluding hydrogens is 194 g/mol. The third-order valence-corrected chi connectivity index (χ3v) is 2.10. The number of nitrogens with one attached hydrogen (secondary N) is 3. The molecule has 0 aliphatic carbocycles. The Kier molecular flexibility index (Phi) is 4.35. The number of hydrogen-bond donors (Lipinski definition) is 3. The first-order valence-corrected chi connectivity index (χ1v) is 5.42. The molecule has 1 unspecified atom stereocenters. The predicted octanol–water partition coefficient (Wildman–Crippen LogP) is 0.768. The van der Waals surface area contributed by atoms with Crippen molar-refractivity contribution in [2.24, 2.45) is 0 Å². The van der Waals surface area contributed by atoms with Gasteiger partial charge in [0.15, 0.2) is 0 Å². The summed E-state index contributed by atoms with van der Waals surface area (Å²) in [5.74, 6) is 0. The quantitative estimate of drug-likeness (QED) is 0.608. The van der Waals surface area contributed by atoms with E-state index >= 15 is 0 Å². The van der Waals surface area contributed by atoms with Gasteiger partial charge in [0.25, 0.3) is 0 Å². The molecule has 1 heterocycles. The molecule has 1 fully saturated rings. The molecule has 0 radical (unpaired) electrons. The largest absolute Gasteiger partial charge is 0.443 e. The highest BCUT2D eigenvalue weighted by atomic mass is 16.6. The summed E-state index contributed by atoms with van der Waals surface area (Å²) in [5.41, 5.74) is 4.93. The van der Waals surface area contributed by atoms with Gasteiger partial charge in [0.05, 0.1) is 0 Å². The lowest BCUT2D eigenvalue weighted by atomic mass is 10.2. The second kappa shape index (κ2) is 5.32. The minimum atomic E-state index is -0.447. The second-order valence-electron chi connectivity index (χ2n) is 4.80. The fraction of sp³-hybridized carbons (Fsp3) is 0.900. The van der Waals surface area contributed by atoms with Gasteiger partial charge < -0.3 is 10.1 Å². The molecule has 1 rings (SSSR count). The average Bonchev–Trinajstić information content (AvgIpc) is 2.53. The van der Waals surface area contributed by atoms with E-state index in [4.69, 9.17) is 4.74 Å². The van der Waals surface area contributed by atoms with Gasteiger partial charge in [0, 0.05) is 12.6 Å². The summed E-state index contributed by atoms with van der Waals surface area (Å²) in [6.45, 7) is 7.32. The van der Waals surface area contributed by atoms with E-state index in [9.17, 15) is 4.79 Å². The predicted molar refractivity (Wildman–Crippen MR) is 58.4 cm³/mol. The van der Waals surface area contributed by atoms with Gasteiger partial charge >= 0.3 is 6.09 Å². The highest BCUT2D eigenvalue weighted by Gasteiger charge is 2.17. The van der Waals surface area contributed by atoms with Crippen LogP contribution in [0.2, 0.25) is 0 Å². The summed E-state index contributed by atoms with van der Waals surface area (Å²) >= 11 is 0. The second-order valence-corrected chi connectivity index (χ2v) is 4.80. The van der Waals surface area contributed by atoms with Crippen molar-refractivity contribution < 1.29 is 9.53 Å². The molecule has 0 aromatic heterocycles. The van der Waals surface area contributed by atoms with Crippen molar-refractivity contribution in [3.8, 4) is 0 Å². The SMILES string of the molecule is CC(C)(C)OC(=O)NNCC1CCCN1. The van der Waals surface area contributed by atoms with E-state index in [1.807, 2.05) is 20.8 Å². The van der Waals surface area contributed by atoms with Crippen LogP contribution in [0.1, 0.15) is 33.6 Å². The maximum atomic E-state index is 11.2. The Bertz CT molecular complexity index is 207. The lowest BCUT2D eigenvalue weighted by Crippen LogP contribution is -2.46. The Hall–Kier alpha value is -0.810. The van der Waals surface area contributed by atoms with Crippen LogP contribution in [0.4, 0.5) is 4.79 Å². The van der Waals surface area contributed by atoms with Crippen molar-refractivity contribution in [3.63, 3.8) is 0 Å². The Morgan fingerprint density at radius 2 is 2.27 bits per heavy atom. The van der Waals surface area contributed by atoms with E-state index in [2.05, 4.69) is 16.2 Å². The standard InChI is InChI=1S/C10H21N3O2/c1-10(2,3)15-9(14)13-12-7-8-5-4-6-11-8/h8,11-12H,4-7H2,1-3H3,(H,13,14). The Morgan fingerprint density at radius 3 is 2.80 bits per heavy atom. The molecule has 0 saturated carbocycles. The highest BCUT2D eigenvalue weighted by molar-refractivity contribution is 5.66. The molecule has 0 spiro atoms. The number of hydrazine groups is 1. The molecule has 1 atom stereocenters. The van der Waals surface area contributed by atoms with Gasteiger partial charge in [-0.15, -0.1) is 0 Å². The molecule has 1 aliphatic heterocycles. The summed E-state index contributed by atoms with van der Waals surface area (Å²) < 4.78 is 5.07. The van der Waals surface area contributed by atoms with Gasteiger partial charge in [-0.1, -0.05) is 0 Å². The highest BCUT2D eigenvalue weighted by Crippen LogP contribution is 2.06. The number of ether oxygens (including phenoxy) is 1. The molecule has 15 heavy (non-hydrogen) atoms. The fourth-order valence-electron chi connectivity index (χ4n) is 1.48. The zero-order valence-corrected chi connectivity index (χ0v) is 9.72. The third kappa shape index (κ3) is 5.59. The average molecular weight is 215 g/mol. The van der Waals surface area contributed by atoms with Crippen molar-refractivity contribution in [2.45, 2.75) is 45.3 Å². The van der Waals surface area contributed by atoms with Crippen LogP contribution >= 0.6 is 0 Å². The lowest BCUT2D eigenvalue weighted by molar-refractivity contribution is 0.0497. The van der Waals surface area contributed by atoms with Gasteiger partial charge in [-0.3, -0.25) is 5.43 Å². The van der Waals surface area contributed by atoms with Gasteiger partial charge in [0.2, 0.25) is 0 Å². The third-order valence-electron chi connectivity index (χ3n) is 2.10. The first-order valence-electron chi connectivity index (χ1n) is 5.42. The number of amides is 1. The number of hydrogen-bond acceptors (Lipinski definition) is 4. The van der Waals surface area contributed by atoms with Crippen molar-refractivity contribution in [3.05, 3.63) is 0 Å². The van der Waals surface area contributed by atoms with E-state index in [0.29, 0.717) is 6.04 Å². The molecule has 88 valence electrons. The van der Waals surface area contributed by atoms with E-state index in [1.165, 1.54) is 6.42 Å². The van der Waals surface area contributed by atoms with Crippen LogP contribution in [-0.4, -0.2) is 30.8 Å². The molecule has 1 amide bonds. The van der Waals surface area contributed by atoms with E-state index in [0.717, 1.165) is 19.5 Å². The summed E-state index contributed by atoms with van der Waals surface area (Å²) in [6.07, 6.45) is 1.93. The zero-order valence-electron chi connectivity index (χ0n) is 9.72. The number of rotatable bonds is 3. The Labute approximate surface area is 90.9 Å². The summed E-state index contributed by atoms with van der Waals surface area (Å²) in [7, 11) is 0. The maximum absolute atomic E-state index is 11.2. The van der Waals surface area contributed by atoms with Gasteiger partial charge in [-0.05, 0) is 40.2 Å². The van der Waals surface area contributed by atoms with Crippen molar-refractivity contribution in [1.29, 1.82) is 0 Å². The molecule has 0 bridgehead atoms. The van der Waals surface area contributed by atoms with Crippen LogP contribution in [0.3, 0.4) is 0 Å². The normalized spacial score (nSPS) is 21.4. The molecule has 5 heteroatoms. The van der Waals surface area contributed by atoms with E-state index in [-0.39, 0.29) is 0 Å². The van der Waals surface area contributed by atoms with Crippen molar-refractivity contribution >= 4 is 6.09 Å². The van der Waals surface area contributed by atoms with E-state index < -0.39 is 11.7 Å². The molecule has 3 N–H and O–H groups in total. The van der Waals surface area contributed by atoms with Crippen molar-refractivity contribution in [1.82, 2.24) is 16.2 Å². The molecule has 1 aliphatic rings. The minimum absolute atomic E-state index is 0.430. The summed E-state index contributed by atoms with van der Waals surface area (Å²) in [5, 5.41) is 3.32. The fourth-order valence-corrected chi connectivity index (χ4v) is 1.48.